The molecule has 2 aromatic carbocycles. The zero-order chi connectivity index (χ0) is 18.6. The fourth-order valence-corrected chi connectivity index (χ4v) is 3.24. The fourth-order valence-electron chi connectivity index (χ4n) is 3.24. The number of carbonyl (C=O) groups is 1. The van der Waals surface area contributed by atoms with Crippen LogP contribution in [0.3, 0.4) is 0 Å². The minimum atomic E-state index is -0.170. The van der Waals surface area contributed by atoms with Crippen LogP contribution in [-0.2, 0) is 4.74 Å². The summed E-state index contributed by atoms with van der Waals surface area (Å²) in [6.07, 6.45) is 2.11. The number of rotatable bonds is 5. The summed E-state index contributed by atoms with van der Waals surface area (Å²) in [4.78, 5) is 17.2. The maximum Gasteiger partial charge on any atom is 0.259 e. The molecular weight excluding hydrogens is 342 g/mol. The molecule has 0 radical (unpaired) electrons. The first-order valence-corrected chi connectivity index (χ1v) is 9.11. The molecule has 1 aromatic heterocycles. The molecule has 1 aliphatic heterocycles. The van der Waals surface area contributed by atoms with Gasteiger partial charge >= 0.3 is 0 Å². The second-order valence-electron chi connectivity index (χ2n) is 6.63. The molecule has 6 heteroatoms. The van der Waals surface area contributed by atoms with Gasteiger partial charge in [0.1, 0.15) is 0 Å². The van der Waals surface area contributed by atoms with Crippen LogP contribution in [0.25, 0.3) is 22.8 Å². The number of hydrogen-bond donors (Lipinski definition) is 1. The van der Waals surface area contributed by atoms with Gasteiger partial charge in [0, 0.05) is 18.7 Å². The number of nitrogens with one attached hydrogen (secondary N) is 1. The molecule has 1 atom stereocenters. The Bertz CT molecular complexity index is 945. The first kappa shape index (κ1) is 17.4. The molecule has 138 valence electrons. The average molecular weight is 363 g/mol. The maximum atomic E-state index is 12.7. The number of nitrogens with zero attached hydrogens (tertiary/aromatic N) is 2. The Morgan fingerprint density at radius 2 is 1.93 bits per heavy atom. The first-order chi connectivity index (χ1) is 13.2. The van der Waals surface area contributed by atoms with Gasteiger partial charge in [-0.25, -0.2) is 0 Å². The number of benzene rings is 2. The standard InChI is InChI=1S/C21H21N3O3/c1-14-7-2-3-9-16(14)19-23-21(27-24-19)18-11-5-4-10-17(18)20(25)22-13-15-8-6-12-26-15/h2-5,7,9-11,15H,6,8,12-13H2,1H3,(H,22,25)/t15-/m1/s1. The number of aromatic nitrogens is 2. The van der Waals surface area contributed by atoms with Crippen LogP contribution in [0.4, 0.5) is 0 Å². The SMILES string of the molecule is Cc1ccccc1-c1noc(-c2ccccc2C(=O)NC[C@H]2CCCO2)n1. The zero-order valence-electron chi connectivity index (χ0n) is 15.1. The molecule has 0 bridgehead atoms. The van der Waals surface area contributed by atoms with Crippen molar-refractivity contribution in [2.45, 2.75) is 25.9 Å². The highest BCUT2D eigenvalue weighted by Gasteiger charge is 2.20. The van der Waals surface area contributed by atoms with Crippen LogP contribution in [-0.4, -0.2) is 35.3 Å². The Morgan fingerprint density at radius 3 is 2.70 bits per heavy atom. The second-order valence-corrected chi connectivity index (χ2v) is 6.63. The molecule has 0 saturated carbocycles. The van der Waals surface area contributed by atoms with E-state index in [9.17, 15) is 4.79 Å². The normalized spacial score (nSPS) is 16.4. The van der Waals surface area contributed by atoms with Gasteiger partial charge in [-0.1, -0.05) is 41.6 Å². The highest BCUT2D eigenvalue weighted by Crippen LogP contribution is 2.26. The van der Waals surface area contributed by atoms with Crippen LogP contribution in [0.15, 0.2) is 53.1 Å². The molecule has 2 heterocycles. The lowest BCUT2D eigenvalue weighted by Gasteiger charge is -2.11. The molecule has 6 nitrogen and oxygen atoms in total. The maximum absolute atomic E-state index is 12.7. The van der Waals surface area contributed by atoms with Crippen molar-refractivity contribution in [3.8, 4) is 22.8 Å². The van der Waals surface area contributed by atoms with E-state index in [1.807, 2.05) is 49.4 Å². The number of ether oxygens (including phenoxy) is 1. The van der Waals surface area contributed by atoms with Gasteiger partial charge in [0.15, 0.2) is 0 Å². The predicted octanol–water partition coefficient (Wildman–Crippen LogP) is 3.62. The highest BCUT2D eigenvalue weighted by atomic mass is 16.5. The number of hydrogen-bond acceptors (Lipinski definition) is 5. The van der Waals surface area contributed by atoms with Gasteiger partial charge in [0.2, 0.25) is 5.82 Å². The van der Waals surface area contributed by atoms with Crippen molar-refractivity contribution in [3.63, 3.8) is 0 Å². The summed E-state index contributed by atoms with van der Waals surface area (Å²) in [5, 5.41) is 7.04. The molecule has 0 unspecified atom stereocenters. The first-order valence-electron chi connectivity index (χ1n) is 9.11. The van der Waals surface area contributed by atoms with Crippen LogP contribution in [0.5, 0.6) is 0 Å². The van der Waals surface area contributed by atoms with Gasteiger partial charge < -0.3 is 14.6 Å². The van der Waals surface area contributed by atoms with Crippen molar-refractivity contribution in [2.24, 2.45) is 0 Å². The molecule has 1 amide bonds. The van der Waals surface area contributed by atoms with E-state index in [0.717, 1.165) is 30.6 Å². The van der Waals surface area contributed by atoms with Crippen molar-refractivity contribution >= 4 is 5.91 Å². The van der Waals surface area contributed by atoms with Crippen LogP contribution < -0.4 is 5.32 Å². The summed E-state index contributed by atoms with van der Waals surface area (Å²) < 4.78 is 11.0. The molecule has 27 heavy (non-hydrogen) atoms. The summed E-state index contributed by atoms with van der Waals surface area (Å²) >= 11 is 0. The van der Waals surface area contributed by atoms with E-state index in [1.54, 1.807) is 6.07 Å². The molecule has 0 aliphatic carbocycles. The Balaban J connectivity index is 1.58. The quantitative estimate of drug-likeness (QED) is 0.749. The summed E-state index contributed by atoms with van der Waals surface area (Å²) in [5.74, 6) is 0.672. The molecule has 0 spiro atoms. The Morgan fingerprint density at radius 1 is 1.15 bits per heavy atom. The largest absolute Gasteiger partial charge is 0.376 e. The van der Waals surface area contributed by atoms with E-state index in [1.165, 1.54) is 0 Å². The molecule has 1 saturated heterocycles. The van der Waals surface area contributed by atoms with Gasteiger partial charge in [0.05, 0.1) is 17.2 Å². The molecule has 3 aromatic rings. The van der Waals surface area contributed by atoms with Gasteiger partial charge in [0.25, 0.3) is 11.8 Å². The van der Waals surface area contributed by atoms with E-state index in [0.29, 0.717) is 29.4 Å². The predicted molar refractivity (Wildman–Crippen MR) is 101 cm³/mol. The molecular formula is C21H21N3O3. The number of amides is 1. The van der Waals surface area contributed by atoms with Gasteiger partial charge in [-0.3, -0.25) is 4.79 Å². The Kier molecular flexibility index (Phi) is 4.98. The second kappa shape index (κ2) is 7.72. The number of aryl methyl sites for hydroxylation is 1. The van der Waals surface area contributed by atoms with Crippen LogP contribution in [0.2, 0.25) is 0 Å². The van der Waals surface area contributed by atoms with Gasteiger partial charge in [-0.2, -0.15) is 4.98 Å². The molecule has 1 fully saturated rings. The fraction of sp³-hybridized carbons (Fsp3) is 0.286. The lowest BCUT2D eigenvalue weighted by molar-refractivity contribution is 0.0858. The lowest BCUT2D eigenvalue weighted by Crippen LogP contribution is -2.32. The Hall–Kier alpha value is -2.99. The Labute approximate surface area is 157 Å². The molecule has 4 rings (SSSR count). The van der Waals surface area contributed by atoms with Crippen molar-refractivity contribution < 1.29 is 14.1 Å². The summed E-state index contributed by atoms with van der Waals surface area (Å²) in [6, 6.07) is 15.1. The third-order valence-corrected chi connectivity index (χ3v) is 4.73. The minimum Gasteiger partial charge on any atom is -0.376 e. The average Bonchev–Trinajstić information content (AvgIpc) is 3.38. The van der Waals surface area contributed by atoms with E-state index in [2.05, 4.69) is 15.5 Å². The highest BCUT2D eigenvalue weighted by molar-refractivity contribution is 6.00. The van der Waals surface area contributed by atoms with E-state index < -0.39 is 0 Å². The smallest absolute Gasteiger partial charge is 0.259 e. The van der Waals surface area contributed by atoms with Crippen molar-refractivity contribution in [1.82, 2.24) is 15.5 Å². The number of carbonyl (C=O) groups excluding carboxylic acids is 1. The lowest BCUT2D eigenvalue weighted by atomic mass is 10.1. The van der Waals surface area contributed by atoms with Crippen LogP contribution >= 0.6 is 0 Å². The van der Waals surface area contributed by atoms with Crippen molar-refractivity contribution in [3.05, 3.63) is 59.7 Å². The monoisotopic (exact) mass is 363 g/mol. The van der Waals surface area contributed by atoms with Crippen molar-refractivity contribution in [1.29, 1.82) is 0 Å². The minimum absolute atomic E-state index is 0.0946. The zero-order valence-corrected chi connectivity index (χ0v) is 15.1. The topological polar surface area (TPSA) is 77.2 Å². The van der Waals surface area contributed by atoms with E-state index in [4.69, 9.17) is 9.26 Å². The van der Waals surface area contributed by atoms with Crippen LogP contribution in [0, 0.1) is 6.92 Å². The summed E-state index contributed by atoms with van der Waals surface area (Å²) in [5.41, 5.74) is 3.10. The third kappa shape index (κ3) is 3.75. The van der Waals surface area contributed by atoms with E-state index >= 15 is 0 Å². The third-order valence-electron chi connectivity index (χ3n) is 4.73. The molecule has 1 N–H and O–H groups in total. The van der Waals surface area contributed by atoms with Gasteiger partial charge in [-0.15, -0.1) is 0 Å². The summed E-state index contributed by atoms with van der Waals surface area (Å²) in [6.45, 7) is 3.27. The van der Waals surface area contributed by atoms with E-state index in [-0.39, 0.29) is 12.0 Å². The molecule has 1 aliphatic rings. The van der Waals surface area contributed by atoms with Crippen molar-refractivity contribution in [2.75, 3.05) is 13.2 Å². The van der Waals surface area contributed by atoms with Crippen LogP contribution in [0.1, 0.15) is 28.8 Å². The van der Waals surface area contributed by atoms with Gasteiger partial charge in [-0.05, 0) is 37.5 Å². The summed E-state index contributed by atoms with van der Waals surface area (Å²) in [7, 11) is 0.